The zero-order valence-electron chi connectivity index (χ0n) is 6.95. The largest absolute Gasteiger partial charge is 0.264 e. The molecule has 0 heterocycles. The van der Waals surface area contributed by atoms with Crippen LogP contribution in [0.4, 0.5) is 0 Å². The Labute approximate surface area is 66.9 Å². The Morgan fingerprint density at radius 3 is 2.73 bits per heavy atom. The summed E-state index contributed by atoms with van der Waals surface area (Å²) in [5.74, 6) is 0.413. The number of nitrogens with zero attached hydrogens (tertiary/aromatic N) is 1. The van der Waals surface area contributed by atoms with Gasteiger partial charge in [-0.2, -0.15) is 0 Å². The van der Waals surface area contributed by atoms with E-state index in [0.29, 0.717) is 5.92 Å². The van der Waals surface area contributed by atoms with Gasteiger partial charge in [-0.15, -0.1) is 0 Å². The minimum atomic E-state index is -0.188. The molecule has 3 nitrogen and oxygen atoms in total. The zero-order valence-corrected chi connectivity index (χ0v) is 6.95. The van der Waals surface area contributed by atoms with Gasteiger partial charge in [0.1, 0.15) is 0 Å². The molecule has 0 saturated heterocycles. The van der Waals surface area contributed by atoms with Crippen LogP contribution in [0.25, 0.3) is 0 Å². The van der Waals surface area contributed by atoms with Crippen molar-refractivity contribution in [2.24, 2.45) is 5.92 Å². The van der Waals surface area contributed by atoms with Gasteiger partial charge in [0.2, 0.25) is 6.04 Å². The van der Waals surface area contributed by atoms with Crippen LogP contribution in [0.2, 0.25) is 0 Å². The Hall–Kier alpha value is -0.600. The van der Waals surface area contributed by atoms with Crippen molar-refractivity contribution >= 4 is 0 Å². The highest BCUT2D eigenvalue weighted by molar-refractivity contribution is 4.85. The SMILES string of the molecule is CCCCC[C@H]1C[C@@H]1[N+](=O)[O-]. The molecule has 0 aromatic rings. The quantitative estimate of drug-likeness (QED) is 0.349. The molecule has 1 aliphatic rings. The second-order valence-corrected chi connectivity index (χ2v) is 3.34. The van der Waals surface area contributed by atoms with Crippen molar-refractivity contribution in [3.63, 3.8) is 0 Å². The molecule has 0 radical (unpaired) electrons. The molecule has 1 fully saturated rings. The lowest BCUT2D eigenvalue weighted by atomic mass is 10.1. The number of hydrogen-bond donors (Lipinski definition) is 0. The Kier molecular flexibility index (Phi) is 2.85. The summed E-state index contributed by atoms with van der Waals surface area (Å²) in [6.07, 6.45) is 5.50. The van der Waals surface area contributed by atoms with Gasteiger partial charge >= 0.3 is 0 Å². The van der Waals surface area contributed by atoms with E-state index in [0.717, 1.165) is 12.8 Å². The van der Waals surface area contributed by atoms with Crippen LogP contribution in [0.5, 0.6) is 0 Å². The molecule has 0 N–H and O–H groups in total. The van der Waals surface area contributed by atoms with Crippen LogP contribution in [0.3, 0.4) is 0 Å². The summed E-state index contributed by atoms with van der Waals surface area (Å²) in [5.41, 5.74) is 0. The van der Waals surface area contributed by atoms with Crippen molar-refractivity contribution in [1.82, 2.24) is 0 Å². The van der Waals surface area contributed by atoms with Gasteiger partial charge in [-0.3, -0.25) is 10.1 Å². The third-order valence-corrected chi connectivity index (χ3v) is 2.33. The Morgan fingerprint density at radius 2 is 2.27 bits per heavy atom. The fraction of sp³-hybridized carbons (Fsp3) is 1.00. The molecule has 1 saturated carbocycles. The van der Waals surface area contributed by atoms with Gasteiger partial charge in [-0.05, 0) is 6.42 Å². The number of rotatable bonds is 5. The van der Waals surface area contributed by atoms with Crippen LogP contribution in [0, 0.1) is 16.0 Å². The fourth-order valence-electron chi connectivity index (χ4n) is 1.46. The highest BCUT2D eigenvalue weighted by atomic mass is 16.6. The molecular formula is C8H15NO2. The van der Waals surface area contributed by atoms with Crippen molar-refractivity contribution in [2.45, 2.75) is 45.1 Å². The Bertz CT molecular complexity index is 147. The zero-order chi connectivity index (χ0) is 8.27. The summed E-state index contributed by atoms with van der Waals surface area (Å²) in [6, 6.07) is -0.188. The molecule has 0 aliphatic heterocycles. The average molecular weight is 157 g/mol. The van der Waals surface area contributed by atoms with Gasteiger partial charge in [-0.1, -0.05) is 26.2 Å². The topological polar surface area (TPSA) is 43.1 Å². The summed E-state index contributed by atoms with van der Waals surface area (Å²) in [7, 11) is 0. The highest BCUT2D eigenvalue weighted by Gasteiger charge is 2.47. The van der Waals surface area contributed by atoms with E-state index < -0.39 is 0 Å². The first-order chi connectivity index (χ1) is 5.25. The molecule has 0 bridgehead atoms. The predicted molar refractivity (Wildman–Crippen MR) is 43.0 cm³/mol. The molecule has 0 unspecified atom stereocenters. The second-order valence-electron chi connectivity index (χ2n) is 3.34. The van der Waals surface area contributed by atoms with Crippen molar-refractivity contribution in [1.29, 1.82) is 0 Å². The Balaban J connectivity index is 2.00. The number of hydrogen-bond acceptors (Lipinski definition) is 2. The molecular weight excluding hydrogens is 142 g/mol. The van der Waals surface area contributed by atoms with Crippen molar-refractivity contribution < 1.29 is 4.92 Å². The lowest BCUT2D eigenvalue weighted by Crippen LogP contribution is -2.03. The van der Waals surface area contributed by atoms with Gasteiger partial charge in [0.15, 0.2) is 0 Å². The second kappa shape index (κ2) is 3.69. The maximum atomic E-state index is 10.2. The van der Waals surface area contributed by atoms with E-state index in [1.165, 1.54) is 19.3 Å². The minimum absolute atomic E-state index is 0.128. The minimum Gasteiger partial charge on any atom is -0.264 e. The van der Waals surface area contributed by atoms with E-state index in [1.54, 1.807) is 0 Å². The summed E-state index contributed by atoms with van der Waals surface area (Å²) in [4.78, 5) is 10.1. The molecule has 64 valence electrons. The van der Waals surface area contributed by atoms with E-state index in [4.69, 9.17) is 0 Å². The van der Waals surface area contributed by atoms with Gasteiger partial charge in [0.25, 0.3) is 0 Å². The molecule has 1 rings (SSSR count). The lowest BCUT2D eigenvalue weighted by Gasteiger charge is -1.93. The van der Waals surface area contributed by atoms with E-state index in [1.807, 2.05) is 0 Å². The predicted octanol–water partition coefficient (Wildman–Crippen LogP) is 2.23. The molecule has 1 aliphatic carbocycles. The first kappa shape index (κ1) is 8.50. The van der Waals surface area contributed by atoms with E-state index >= 15 is 0 Å². The van der Waals surface area contributed by atoms with E-state index in [-0.39, 0.29) is 11.0 Å². The van der Waals surface area contributed by atoms with Crippen LogP contribution in [-0.2, 0) is 0 Å². The van der Waals surface area contributed by atoms with Crippen LogP contribution in [0.1, 0.15) is 39.0 Å². The third-order valence-electron chi connectivity index (χ3n) is 2.33. The normalized spacial score (nSPS) is 28.5. The van der Waals surface area contributed by atoms with Crippen LogP contribution in [-0.4, -0.2) is 11.0 Å². The van der Waals surface area contributed by atoms with Gasteiger partial charge in [-0.25, -0.2) is 0 Å². The first-order valence-electron chi connectivity index (χ1n) is 4.39. The molecule has 0 aromatic heterocycles. The number of nitro groups is 1. The smallest absolute Gasteiger partial charge is 0.216 e. The van der Waals surface area contributed by atoms with E-state index in [9.17, 15) is 10.1 Å². The molecule has 0 spiro atoms. The van der Waals surface area contributed by atoms with E-state index in [2.05, 4.69) is 6.92 Å². The fourth-order valence-corrected chi connectivity index (χ4v) is 1.46. The number of unbranched alkanes of at least 4 members (excludes halogenated alkanes) is 2. The van der Waals surface area contributed by atoms with Crippen LogP contribution in [0.15, 0.2) is 0 Å². The van der Waals surface area contributed by atoms with Crippen LogP contribution >= 0.6 is 0 Å². The van der Waals surface area contributed by atoms with Crippen LogP contribution < -0.4 is 0 Å². The molecule has 2 atom stereocenters. The summed E-state index contributed by atoms with van der Waals surface area (Å²) < 4.78 is 0. The van der Waals surface area contributed by atoms with Gasteiger partial charge < -0.3 is 0 Å². The van der Waals surface area contributed by atoms with Gasteiger partial charge in [0.05, 0.1) is 0 Å². The third kappa shape index (κ3) is 2.48. The summed E-state index contributed by atoms with van der Waals surface area (Å²) in [6.45, 7) is 2.15. The van der Waals surface area contributed by atoms with Crippen molar-refractivity contribution in [3.8, 4) is 0 Å². The standard InChI is InChI=1S/C8H15NO2/c1-2-3-4-5-7-6-8(7)9(10)11/h7-8H,2-6H2,1H3/t7-,8-/m0/s1. The first-order valence-corrected chi connectivity index (χ1v) is 4.39. The molecule has 11 heavy (non-hydrogen) atoms. The molecule has 0 aromatic carbocycles. The van der Waals surface area contributed by atoms with Gasteiger partial charge in [0, 0.05) is 17.3 Å². The summed E-state index contributed by atoms with van der Waals surface area (Å²) in [5, 5.41) is 10.2. The van der Waals surface area contributed by atoms with Crippen molar-refractivity contribution in [3.05, 3.63) is 10.1 Å². The monoisotopic (exact) mass is 157 g/mol. The highest BCUT2D eigenvalue weighted by Crippen LogP contribution is 2.37. The maximum absolute atomic E-state index is 10.2. The maximum Gasteiger partial charge on any atom is 0.216 e. The molecule has 0 amide bonds. The molecule has 3 heteroatoms. The lowest BCUT2D eigenvalue weighted by molar-refractivity contribution is -0.498. The Morgan fingerprint density at radius 1 is 1.55 bits per heavy atom. The average Bonchev–Trinajstić information content (AvgIpc) is 2.68. The summed E-state index contributed by atoms with van der Waals surface area (Å²) >= 11 is 0. The van der Waals surface area contributed by atoms with Crippen molar-refractivity contribution in [2.75, 3.05) is 0 Å².